The third-order valence-corrected chi connectivity index (χ3v) is 11.0. The van der Waals surface area contributed by atoms with Gasteiger partial charge >= 0.3 is 5.97 Å². The number of ketones is 4. The molecule has 2 saturated carbocycles. The van der Waals surface area contributed by atoms with Crippen molar-refractivity contribution in [3.05, 3.63) is 22.8 Å². The first kappa shape index (κ1) is 27.6. The van der Waals surface area contributed by atoms with Crippen LogP contribution in [-0.2, 0) is 24.0 Å². The van der Waals surface area contributed by atoms with Crippen molar-refractivity contribution < 1.29 is 34.2 Å². The maximum atomic E-state index is 14.0. The Kier molecular flexibility index (Phi) is 6.38. The van der Waals surface area contributed by atoms with E-state index < -0.39 is 33.7 Å². The minimum absolute atomic E-state index is 0.0466. The Morgan fingerprint density at radius 1 is 1.00 bits per heavy atom. The Balaban J connectivity index is 1.78. The smallest absolute Gasteiger partial charge is 0.331 e. The van der Waals surface area contributed by atoms with Crippen LogP contribution in [0.5, 0.6) is 0 Å². The van der Waals surface area contributed by atoms with Crippen molar-refractivity contribution in [3.63, 3.8) is 0 Å². The third kappa shape index (κ3) is 3.67. The van der Waals surface area contributed by atoms with Gasteiger partial charge in [0.15, 0.2) is 11.6 Å². The summed E-state index contributed by atoms with van der Waals surface area (Å²) in [7, 11) is 0. The Bertz CT molecular complexity index is 1170. The highest BCUT2D eigenvalue weighted by Crippen LogP contribution is 2.69. The number of carbonyl (C=O) groups excluding carboxylic acids is 4. The molecule has 4 rings (SSSR count). The number of hydrogen-bond donors (Lipinski definition) is 2. The van der Waals surface area contributed by atoms with Gasteiger partial charge in [0.1, 0.15) is 11.6 Å². The molecule has 202 valence electrons. The van der Waals surface area contributed by atoms with Crippen molar-refractivity contribution in [2.45, 2.75) is 93.1 Å². The third-order valence-electron chi connectivity index (χ3n) is 11.0. The van der Waals surface area contributed by atoms with Gasteiger partial charge in [0.05, 0.1) is 11.5 Å². The number of fused-ring (bicyclic) bond motifs is 4. The summed E-state index contributed by atoms with van der Waals surface area (Å²) in [5.74, 6) is -2.06. The Morgan fingerprint density at radius 3 is 2.22 bits per heavy atom. The van der Waals surface area contributed by atoms with Crippen molar-refractivity contribution in [3.8, 4) is 0 Å². The highest BCUT2D eigenvalue weighted by molar-refractivity contribution is 6.16. The lowest BCUT2D eigenvalue weighted by molar-refractivity contribution is -0.147. The molecule has 0 aromatic carbocycles. The molecule has 4 aliphatic rings. The Hall–Kier alpha value is -2.41. The standard InChI is InChI=1S/C30H40O7/c1-15(10-17(31)11-16(2)26(36)37)18-12-23(35)30(7)25-19(32)13-21-27(3,4)22(34)8-9-28(21,5)24(25)20(33)14-29(18,30)6/h11,15,17-18,21,31H,8-10,12-14H2,1-7H3,(H,36,37)/b16-11+/t15-,17+,18-,21+,28+,29-,30+/m1/s1. The van der Waals surface area contributed by atoms with Gasteiger partial charge in [0.25, 0.3) is 0 Å². The van der Waals surface area contributed by atoms with Gasteiger partial charge in [0, 0.05) is 53.2 Å². The predicted octanol–water partition coefficient (Wildman–Crippen LogP) is 4.26. The molecule has 0 bridgehead atoms. The van der Waals surface area contributed by atoms with Crippen LogP contribution in [-0.4, -0.2) is 45.4 Å². The molecule has 0 aromatic heterocycles. The summed E-state index contributed by atoms with van der Waals surface area (Å²) in [4.78, 5) is 65.7. The lowest BCUT2D eigenvalue weighted by Gasteiger charge is -2.58. The largest absolute Gasteiger partial charge is 0.478 e. The van der Waals surface area contributed by atoms with Crippen LogP contribution in [0.2, 0.25) is 0 Å². The number of carboxylic acids is 1. The van der Waals surface area contributed by atoms with Gasteiger partial charge in [-0.15, -0.1) is 0 Å². The number of aliphatic hydroxyl groups excluding tert-OH is 1. The van der Waals surface area contributed by atoms with E-state index in [2.05, 4.69) is 0 Å². The molecule has 0 amide bonds. The van der Waals surface area contributed by atoms with Gasteiger partial charge in [0.2, 0.25) is 0 Å². The second kappa shape index (κ2) is 8.55. The molecule has 37 heavy (non-hydrogen) atoms. The van der Waals surface area contributed by atoms with Gasteiger partial charge in [-0.2, -0.15) is 0 Å². The fourth-order valence-electron chi connectivity index (χ4n) is 8.61. The number of Topliss-reactive ketones (excluding diaryl/α,β-unsaturated/α-hetero) is 4. The van der Waals surface area contributed by atoms with E-state index in [4.69, 9.17) is 5.11 Å². The average Bonchev–Trinajstić information content (AvgIpc) is 2.99. The summed E-state index contributed by atoms with van der Waals surface area (Å²) in [6.07, 6.45) is 1.89. The molecule has 0 saturated heterocycles. The first-order chi connectivity index (χ1) is 16.9. The maximum Gasteiger partial charge on any atom is 0.331 e. The molecule has 2 fully saturated rings. The number of carbonyl (C=O) groups is 5. The van der Waals surface area contributed by atoms with Crippen LogP contribution in [0.15, 0.2) is 22.8 Å². The topological polar surface area (TPSA) is 126 Å². The lowest BCUT2D eigenvalue weighted by Crippen LogP contribution is -2.59. The Labute approximate surface area is 218 Å². The Morgan fingerprint density at radius 2 is 1.62 bits per heavy atom. The van der Waals surface area contributed by atoms with Crippen LogP contribution in [0, 0.1) is 39.4 Å². The molecule has 7 atom stereocenters. The van der Waals surface area contributed by atoms with E-state index in [1.54, 1.807) is 0 Å². The molecule has 0 aromatic rings. The molecule has 0 radical (unpaired) electrons. The SMILES string of the molecule is C/C(=C\[C@@H](O)C[C@@H](C)[C@H]1CC(=O)[C@@]2(C)C3=C(C(=O)C[C@]12C)[C@@]1(C)CCC(=O)C(C)(C)[C@@H]1CC3=O)C(=O)O. The second-order valence-corrected chi connectivity index (χ2v) is 13.3. The van der Waals surface area contributed by atoms with Crippen molar-refractivity contribution in [1.82, 2.24) is 0 Å². The van der Waals surface area contributed by atoms with Crippen LogP contribution >= 0.6 is 0 Å². The van der Waals surface area contributed by atoms with Crippen LogP contribution in [0.4, 0.5) is 0 Å². The fraction of sp³-hybridized carbons (Fsp3) is 0.700. The monoisotopic (exact) mass is 512 g/mol. The first-order valence-electron chi connectivity index (χ1n) is 13.4. The highest BCUT2D eigenvalue weighted by Gasteiger charge is 2.70. The number of aliphatic carboxylic acids is 1. The number of hydrogen-bond acceptors (Lipinski definition) is 6. The molecule has 7 nitrogen and oxygen atoms in total. The summed E-state index contributed by atoms with van der Waals surface area (Å²) < 4.78 is 0. The molecule has 0 aliphatic heterocycles. The van der Waals surface area contributed by atoms with E-state index in [0.29, 0.717) is 24.0 Å². The van der Waals surface area contributed by atoms with Gasteiger partial charge in [-0.1, -0.05) is 34.6 Å². The first-order valence-corrected chi connectivity index (χ1v) is 13.4. The molecule has 4 aliphatic carbocycles. The van der Waals surface area contributed by atoms with Gasteiger partial charge in [-0.25, -0.2) is 4.79 Å². The minimum Gasteiger partial charge on any atom is -0.478 e. The maximum absolute atomic E-state index is 14.0. The second-order valence-electron chi connectivity index (χ2n) is 13.3. The fourth-order valence-corrected chi connectivity index (χ4v) is 8.61. The molecule has 2 N–H and O–H groups in total. The van der Waals surface area contributed by atoms with E-state index in [1.165, 1.54) is 13.0 Å². The zero-order chi connectivity index (χ0) is 27.9. The van der Waals surface area contributed by atoms with Gasteiger partial charge in [-0.3, -0.25) is 19.2 Å². The number of aliphatic hydroxyl groups is 1. The zero-order valence-corrected chi connectivity index (χ0v) is 23.1. The summed E-state index contributed by atoms with van der Waals surface area (Å²) in [6, 6.07) is 0. The number of allylic oxidation sites excluding steroid dienone is 2. The van der Waals surface area contributed by atoms with Crippen molar-refractivity contribution >= 4 is 29.1 Å². The quantitative estimate of drug-likeness (QED) is 0.527. The van der Waals surface area contributed by atoms with Crippen molar-refractivity contribution in [2.24, 2.45) is 39.4 Å². The summed E-state index contributed by atoms with van der Waals surface area (Å²) in [6.45, 7) is 12.9. The molecule has 0 spiro atoms. The molecule has 0 unspecified atom stereocenters. The average molecular weight is 513 g/mol. The van der Waals surface area contributed by atoms with E-state index >= 15 is 0 Å². The van der Waals surface area contributed by atoms with Crippen molar-refractivity contribution in [2.75, 3.05) is 0 Å². The van der Waals surface area contributed by atoms with Crippen molar-refractivity contribution in [1.29, 1.82) is 0 Å². The molecule has 7 heteroatoms. The highest BCUT2D eigenvalue weighted by atomic mass is 16.4. The van der Waals surface area contributed by atoms with Gasteiger partial charge < -0.3 is 10.2 Å². The van der Waals surface area contributed by atoms with E-state index in [0.717, 1.165) is 0 Å². The normalized spacial score (nSPS) is 39.2. The molecular weight excluding hydrogens is 472 g/mol. The molecule has 0 heterocycles. The van der Waals surface area contributed by atoms with Crippen LogP contribution in [0.3, 0.4) is 0 Å². The lowest BCUT2D eigenvalue weighted by atomic mass is 9.43. The van der Waals surface area contributed by atoms with Crippen LogP contribution in [0.25, 0.3) is 0 Å². The number of carboxylic acid groups (broad SMARTS) is 1. The van der Waals surface area contributed by atoms with Gasteiger partial charge in [-0.05, 0) is 55.9 Å². The zero-order valence-electron chi connectivity index (χ0n) is 23.1. The van der Waals surface area contributed by atoms with E-state index in [-0.39, 0.29) is 72.1 Å². The van der Waals surface area contributed by atoms with E-state index in [1.807, 2.05) is 41.5 Å². The summed E-state index contributed by atoms with van der Waals surface area (Å²) in [5, 5.41) is 19.7. The van der Waals surface area contributed by atoms with E-state index in [9.17, 15) is 29.1 Å². The summed E-state index contributed by atoms with van der Waals surface area (Å²) >= 11 is 0. The predicted molar refractivity (Wildman–Crippen MR) is 136 cm³/mol. The molecular formula is C30H40O7. The minimum atomic E-state index is -1.12. The number of rotatable bonds is 5. The van der Waals surface area contributed by atoms with Crippen LogP contribution in [0.1, 0.15) is 87.0 Å². The summed E-state index contributed by atoms with van der Waals surface area (Å²) in [5.41, 5.74) is -2.38. The van der Waals surface area contributed by atoms with Crippen LogP contribution < -0.4 is 0 Å².